The van der Waals surface area contributed by atoms with Crippen LogP contribution in [-0.4, -0.2) is 47.4 Å². The Hall–Kier alpha value is -3.88. The number of carbonyl (C=O) groups excluding carboxylic acids is 4. The second-order valence-electron chi connectivity index (χ2n) is 8.26. The van der Waals surface area contributed by atoms with Crippen LogP contribution in [-0.2, 0) is 19.1 Å². The van der Waals surface area contributed by atoms with Crippen LogP contribution in [0.1, 0.15) is 31.2 Å². The van der Waals surface area contributed by atoms with Crippen molar-refractivity contribution in [3.8, 4) is 11.5 Å². The van der Waals surface area contributed by atoms with Crippen LogP contribution in [0.4, 0.5) is 10.5 Å². The monoisotopic (exact) mass is 451 g/mol. The molecule has 0 bridgehead atoms. The maximum Gasteiger partial charge on any atom is 0.326 e. The summed E-state index contributed by atoms with van der Waals surface area (Å²) in [6, 6.07) is 13.8. The van der Waals surface area contributed by atoms with E-state index in [-0.39, 0.29) is 0 Å². The summed E-state index contributed by atoms with van der Waals surface area (Å²) in [7, 11) is 0. The second-order valence-corrected chi connectivity index (χ2v) is 8.26. The van der Waals surface area contributed by atoms with Crippen molar-refractivity contribution in [1.82, 2.24) is 10.2 Å². The predicted molar refractivity (Wildman–Crippen MR) is 119 cm³/mol. The highest BCUT2D eigenvalue weighted by Crippen LogP contribution is 2.34. The van der Waals surface area contributed by atoms with E-state index < -0.39 is 42.5 Å². The van der Waals surface area contributed by atoms with Gasteiger partial charge in [0.05, 0.1) is 0 Å². The average molecular weight is 451 g/mol. The van der Waals surface area contributed by atoms with Crippen molar-refractivity contribution in [3.05, 3.63) is 54.1 Å². The molecule has 0 radical (unpaired) electrons. The molecule has 1 aliphatic heterocycles. The van der Waals surface area contributed by atoms with E-state index in [1.54, 1.807) is 24.3 Å². The quantitative estimate of drug-likeness (QED) is 0.494. The Balaban J connectivity index is 1.23. The lowest BCUT2D eigenvalue weighted by Gasteiger charge is -2.19. The van der Waals surface area contributed by atoms with Gasteiger partial charge in [-0.15, -0.1) is 0 Å². The highest BCUT2D eigenvalue weighted by molar-refractivity contribution is 6.09. The van der Waals surface area contributed by atoms with Crippen LogP contribution in [0.15, 0.2) is 48.5 Å². The van der Waals surface area contributed by atoms with Crippen molar-refractivity contribution in [2.75, 3.05) is 18.5 Å². The van der Waals surface area contributed by atoms with Gasteiger partial charge in [0.15, 0.2) is 6.61 Å². The molecule has 0 unspecified atom stereocenters. The van der Waals surface area contributed by atoms with E-state index in [1.807, 2.05) is 31.2 Å². The standard InChI is InChI=1S/C24H25N3O6/c1-16-4-8-18(9-5-16)33-19-10-6-17(7-11-19)25-20(28)15-32-21(29)14-27-22(30)24(26-23(27)31)12-2-3-13-24/h4-11H,2-3,12-15H2,1H3,(H,25,28)(H,26,31). The number of nitrogens with zero attached hydrogens (tertiary/aromatic N) is 1. The number of anilines is 1. The van der Waals surface area contributed by atoms with E-state index in [9.17, 15) is 19.2 Å². The van der Waals surface area contributed by atoms with Crippen LogP contribution in [0.25, 0.3) is 0 Å². The first-order valence-electron chi connectivity index (χ1n) is 10.8. The van der Waals surface area contributed by atoms with E-state index in [2.05, 4.69) is 10.6 Å². The van der Waals surface area contributed by atoms with Gasteiger partial charge in [0.25, 0.3) is 11.8 Å². The van der Waals surface area contributed by atoms with Crippen molar-refractivity contribution in [1.29, 1.82) is 0 Å². The molecular weight excluding hydrogens is 426 g/mol. The molecule has 1 saturated heterocycles. The lowest BCUT2D eigenvalue weighted by Crippen LogP contribution is -2.44. The summed E-state index contributed by atoms with van der Waals surface area (Å²) >= 11 is 0. The van der Waals surface area contributed by atoms with Crippen LogP contribution in [0.2, 0.25) is 0 Å². The third-order valence-electron chi connectivity index (χ3n) is 5.75. The zero-order valence-electron chi connectivity index (χ0n) is 18.3. The molecule has 4 rings (SSSR count). The number of carbonyl (C=O) groups is 4. The van der Waals surface area contributed by atoms with E-state index in [4.69, 9.17) is 9.47 Å². The molecule has 1 aliphatic carbocycles. The Labute approximate surface area is 191 Å². The molecule has 9 nitrogen and oxygen atoms in total. The lowest BCUT2D eigenvalue weighted by molar-refractivity contribution is -0.150. The van der Waals surface area contributed by atoms with Gasteiger partial charge in [0.1, 0.15) is 23.6 Å². The second kappa shape index (κ2) is 9.32. The maximum atomic E-state index is 12.6. The van der Waals surface area contributed by atoms with Gasteiger partial charge < -0.3 is 20.1 Å². The molecule has 0 atom stereocenters. The van der Waals surface area contributed by atoms with Gasteiger partial charge in [-0.05, 0) is 56.2 Å². The van der Waals surface area contributed by atoms with Crippen LogP contribution >= 0.6 is 0 Å². The summed E-state index contributed by atoms with van der Waals surface area (Å²) in [5.74, 6) is -0.463. The minimum Gasteiger partial charge on any atom is -0.457 e. The van der Waals surface area contributed by atoms with Crippen molar-refractivity contribution >= 4 is 29.5 Å². The van der Waals surface area contributed by atoms with E-state index in [0.29, 0.717) is 30.0 Å². The van der Waals surface area contributed by atoms with Gasteiger partial charge in [-0.3, -0.25) is 19.3 Å². The number of benzene rings is 2. The minimum atomic E-state index is -0.885. The number of imide groups is 1. The topological polar surface area (TPSA) is 114 Å². The molecule has 9 heteroatoms. The summed E-state index contributed by atoms with van der Waals surface area (Å²) in [6.07, 6.45) is 2.84. The number of amides is 4. The number of rotatable bonds is 7. The van der Waals surface area contributed by atoms with Crippen LogP contribution in [0.3, 0.4) is 0 Å². The summed E-state index contributed by atoms with van der Waals surface area (Å²) in [4.78, 5) is 49.7. The average Bonchev–Trinajstić information content (AvgIpc) is 3.36. The molecule has 2 N–H and O–H groups in total. The molecule has 1 heterocycles. The zero-order chi connectivity index (χ0) is 23.4. The van der Waals surface area contributed by atoms with Gasteiger partial charge in [0, 0.05) is 5.69 Å². The largest absolute Gasteiger partial charge is 0.457 e. The summed E-state index contributed by atoms with van der Waals surface area (Å²) < 4.78 is 10.7. The fourth-order valence-electron chi connectivity index (χ4n) is 4.00. The third-order valence-corrected chi connectivity index (χ3v) is 5.75. The van der Waals surface area contributed by atoms with Crippen LogP contribution in [0, 0.1) is 6.92 Å². The van der Waals surface area contributed by atoms with E-state index in [1.165, 1.54) is 0 Å². The summed E-state index contributed by atoms with van der Waals surface area (Å²) in [5.41, 5.74) is 0.753. The number of esters is 1. The van der Waals surface area contributed by atoms with Gasteiger partial charge in [-0.25, -0.2) is 4.79 Å². The highest BCUT2D eigenvalue weighted by Gasteiger charge is 2.52. The zero-order valence-corrected chi connectivity index (χ0v) is 18.3. The molecule has 2 aliphatic rings. The molecule has 1 spiro atoms. The smallest absolute Gasteiger partial charge is 0.326 e. The van der Waals surface area contributed by atoms with Crippen molar-refractivity contribution in [2.24, 2.45) is 0 Å². The Morgan fingerprint density at radius 1 is 1.00 bits per heavy atom. The Morgan fingerprint density at radius 3 is 2.24 bits per heavy atom. The number of ether oxygens (including phenoxy) is 2. The molecule has 2 aromatic carbocycles. The van der Waals surface area contributed by atoms with Crippen molar-refractivity contribution in [3.63, 3.8) is 0 Å². The Morgan fingerprint density at radius 2 is 1.61 bits per heavy atom. The first-order valence-corrected chi connectivity index (χ1v) is 10.8. The molecule has 172 valence electrons. The van der Waals surface area contributed by atoms with E-state index >= 15 is 0 Å². The van der Waals surface area contributed by atoms with Crippen LogP contribution in [0.5, 0.6) is 11.5 Å². The number of hydrogen-bond acceptors (Lipinski definition) is 6. The normalized spacial score (nSPS) is 16.6. The number of aryl methyl sites for hydroxylation is 1. The van der Waals surface area contributed by atoms with Crippen molar-refractivity contribution in [2.45, 2.75) is 38.1 Å². The fraction of sp³-hybridized carbons (Fsp3) is 0.333. The molecule has 4 amide bonds. The number of urea groups is 1. The van der Waals surface area contributed by atoms with Gasteiger partial charge in [-0.1, -0.05) is 30.5 Å². The third kappa shape index (κ3) is 5.14. The summed E-state index contributed by atoms with van der Waals surface area (Å²) in [5, 5.41) is 5.31. The van der Waals surface area contributed by atoms with Crippen molar-refractivity contribution < 1.29 is 28.7 Å². The number of hydrogen-bond donors (Lipinski definition) is 2. The van der Waals surface area contributed by atoms with Gasteiger partial charge in [0.2, 0.25) is 0 Å². The fourth-order valence-corrected chi connectivity index (χ4v) is 4.00. The highest BCUT2D eigenvalue weighted by atomic mass is 16.5. The SMILES string of the molecule is Cc1ccc(Oc2ccc(NC(=O)COC(=O)CN3C(=O)NC4(CCCC4)C3=O)cc2)cc1. The predicted octanol–water partition coefficient (Wildman–Crippen LogP) is 3.13. The van der Waals surface area contributed by atoms with E-state index in [0.717, 1.165) is 23.3 Å². The summed E-state index contributed by atoms with van der Waals surface area (Å²) in [6.45, 7) is 0.937. The van der Waals surface area contributed by atoms with Gasteiger partial charge >= 0.3 is 12.0 Å². The maximum absolute atomic E-state index is 12.6. The molecule has 0 aromatic heterocycles. The molecule has 2 aromatic rings. The first kappa shape index (κ1) is 22.3. The molecule has 33 heavy (non-hydrogen) atoms. The lowest BCUT2D eigenvalue weighted by atomic mass is 9.98. The van der Waals surface area contributed by atoms with Crippen LogP contribution < -0.4 is 15.4 Å². The molecule has 1 saturated carbocycles. The minimum absolute atomic E-state index is 0.403. The van der Waals surface area contributed by atoms with Gasteiger partial charge in [-0.2, -0.15) is 0 Å². The number of nitrogens with one attached hydrogen (secondary N) is 2. The molecule has 2 fully saturated rings. The first-order chi connectivity index (χ1) is 15.8. The Bertz CT molecular complexity index is 1060. The molecular formula is C24H25N3O6. The Kier molecular flexibility index (Phi) is 6.30.